The van der Waals surface area contributed by atoms with Crippen LogP contribution in [0, 0.1) is 5.82 Å². The predicted molar refractivity (Wildman–Crippen MR) is 148 cm³/mol. The van der Waals surface area contributed by atoms with Crippen LogP contribution in [-0.4, -0.2) is 69.7 Å². The van der Waals surface area contributed by atoms with Gasteiger partial charge in [0.25, 0.3) is 11.5 Å². The van der Waals surface area contributed by atoms with Crippen LogP contribution >= 0.6 is 0 Å². The zero-order chi connectivity index (χ0) is 28.8. The topological polar surface area (TPSA) is 128 Å². The van der Waals surface area contributed by atoms with E-state index in [4.69, 9.17) is 9.47 Å². The van der Waals surface area contributed by atoms with Crippen LogP contribution in [0.5, 0.6) is 5.75 Å². The molecule has 2 saturated heterocycles. The molecule has 7 rings (SSSR count). The molecule has 6 heterocycles. The number of hydrogen-bond donors (Lipinski definition) is 2. The first kappa shape index (κ1) is 27.3. The van der Waals surface area contributed by atoms with Crippen LogP contribution in [0.3, 0.4) is 0 Å². The molecular weight excluding hydrogens is 531 g/mol. The number of carbonyl (C=O) groups excluding carboxylic acids is 2. The smallest absolute Gasteiger partial charge is 0.263 e. The highest BCUT2D eigenvalue weighted by Crippen LogP contribution is 2.46. The number of likely N-dealkylation sites (N-methyl/N-ethyl adjacent to an activating group) is 1. The molecule has 4 aliphatic rings. The third-order valence-electron chi connectivity index (χ3n) is 8.63. The quantitative estimate of drug-likeness (QED) is 0.426. The van der Waals surface area contributed by atoms with E-state index in [1.54, 1.807) is 20.2 Å². The fourth-order valence-corrected chi connectivity index (χ4v) is 6.03. The van der Waals surface area contributed by atoms with Gasteiger partial charge in [-0.05, 0) is 56.7 Å². The molecule has 3 fully saturated rings. The molecule has 3 aromatic rings. The maximum atomic E-state index is 15.2. The predicted octanol–water partition coefficient (Wildman–Crippen LogP) is 2.15. The molecule has 11 nitrogen and oxygen atoms in total. The lowest BCUT2D eigenvalue weighted by Gasteiger charge is -2.53. The third kappa shape index (κ3) is 5.29. The number of aromatic nitrogens is 3. The van der Waals surface area contributed by atoms with Crippen LogP contribution in [0.1, 0.15) is 43.4 Å². The van der Waals surface area contributed by atoms with Gasteiger partial charge in [0.15, 0.2) is 18.2 Å². The zero-order valence-corrected chi connectivity index (χ0v) is 23.2. The van der Waals surface area contributed by atoms with Gasteiger partial charge in [-0.15, -0.1) is 0 Å². The Morgan fingerprint density at radius 1 is 1.17 bits per heavy atom. The molecule has 0 aromatic carbocycles. The lowest BCUT2D eigenvalue weighted by atomic mass is 9.69. The number of halogens is 1. The fourth-order valence-electron chi connectivity index (χ4n) is 6.03. The van der Waals surface area contributed by atoms with Crippen molar-refractivity contribution in [3.05, 3.63) is 57.9 Å². The number of aryl methyl sites for hydroxylation is 1. The summed E-state index contributed by atoms with van der Waals surface area (Å²) in [6.07, 6.45) is 5.57. The number of pyridine rings is 3. The van der Waals surface area contributed by atoms with Gasteiger partial charge in [0.05, 0.1) is 35.1 Å². The molecule has 2 amide bonds. The van der Waals surface area contributed by atoms with E-state index in [2.05, 4.69) is 20.6 Å². The molecule has 3 aliphatic heterocycles. The average Bonchev–Trinajstić information content (AvgIpc) is 2.97. The molecule has 0 radical (unpaired) electrons. The van der Waals surface area contributed by atoms with Crippen LogP contribution < -0.4 is 20.9 Å². The molecule has 1 saturated carbocycles. The Hall–Kier alpha value is -3.90. The van der Waals surface area contributed by atoms with Crippen molar-refractivity contribution < 1.29 is 23.5 Å². The highest BCUT2D eigenvalue weighted by Gasteiger charge is 2.49. The van der Waals surface area contributed by atoms with Gasteiger partial charge in [-0.2, -0.15) is 0 Å². The van der Waals surface area contributed by atoms with Gasteiger partial charge in [0.1, 0.15) is 12.4 Å². The Morgan fingerprint density at radius 2 is 1.98 bits per heavy atom. The summed E-state index contributed by atoms with van der Waals surface area (Å²) in [5, 5.41) is 6.38. The van der Waals surface area contributed by atoms with Gasteiger partial charge < -0.3 is 25.0 Å². The standard InChI is InChI=1S/C29H33FN6O5/c1-35(2)25(39)15-36-24(38)6-4-21-26(36)19(20(30)14-31-21)7-8-29-11-9-28(10-12-29,17-41-29)32-13-18-3-5-22-27(33-18)34-23(37)16-40-22/h3-6,14,32H,7-13,15-17H2,1-2H3,(H,33,34,37). The molecule has 0 spiro atoms. The Morgan fingerprint density at radius 3 is 2.71 bits per heavy atom. The number of nitrogens with one attached hydrogen (secondary N) is 2. The third-order valence-corrected chi connectivity index (χ3v) is 8.63. The highest BCUT2D eigenvalue weighted by molar-refractivity contribution is 5.94. The molecule has 2 bridgehead atoms. The Labute approximate surface area is 236 Å². The minimum atomic E-state index is -0.493. The van der Waals surface area contributed by atoms with Crippen LogP contribution in [0.15, 0.2) is 35.3 Å². The minimum Gasteiger partial charge on any atom is -0.480 e. The number of nitrogens with zero attached hydrogens (tertiary/aromatic N) is 4. The first-order chi connectivity index (χ1) is 19.7. The summed E-state index contributed by atoms with van der Waals surface area (Å²) >= 11 is 0. The van der Waals surface area contributed by atoms with E-state index in [-0.39, 0.29) is 41.7 Å². The second kappa shape index (κ2) is 10.5. The Kier molecular flexibility index (Phi) is 6.98. The maximum Gasteiger partial charge on any atom is 0.263 e. The van der Waals surface area contributed by atoms with Crippen LogP contribution in [-0.2, 0) is 33.8 Å². The van der Waals surface area contributed by atoms with Crippen molar-refractivity contribution in [2.24, 2.45) is 0 Å². The van der Waals surface area contributed by atoms with Crippen molar-refractivity contribution >= 4 is 28.7 Å². The summed E-state index contributed by atoms with van der Waals surface area (Å²) in [6.45, 7) is 0.861. The molecule has 0 unspecified atom stereocenters. The van der Waals surface area contributed by atoms with E-state index in [9.17, 15) is 14.4 Å². The van der Waals surface area contributed by atoms with E-state index >= 15 is 4.39 Å². The number of amides is 2. The van der Waals surface area contributed by atoms with Crippen molar-refractivity contribution in [3.8, 4) is 5.75 Å². The Balaban J connectivity index is 1.14. The van der Waals surface area contributed by atoms with Gasteiger partial charge in [-0.3, -0.25) is 23.9 Å². The first-order valence-corrected chi connectivity index (χ1v) is 13.8. The summed E-state index contributed by atoms with van der Waals surface area (Å²) in [4.78, 5) is 47.0. The lowest BCUT2D eigenvalue weighted by Crippen LogP contribution is -2.61. The monoisotopic (exact) mass is 564 g/mol. The summed E-state index contributed by atoms with van der Waals surface area (Å²) in [5.41, 5.74) is 1.09. The molecule has 41 heavy (non-hydrogen) atoms. The van der Waals surface area contributed by atoms with Crippen LogP contribution in [0.2, 0.25) is 0 Å². The minimum absolute atomic E-state index is 0.00564. The van der Waals surface area contributed by atoms with Crippen molar-refractivity contribution in [2.75, 3.05) is 32.6 Å². The summed E-state index contributed by atoms with van der Waals surface area (Å²) in [7, 11) is 3.24. The summed E-state index contributed by atoms with van der Waals surface area (Å²) in [5.74, 6) is 0.0294. The van der Waals surface area contributed by atoms with E-state index in [1.807, 2.05) is 12.1 Å². The van der Waals surface area contributed by atoms with Gasteiger partial charge in [-0.1, -0.05) is 0 Å². The van der Waals surface area contributed by atoms with Crippen molar-refractivity contribution in [3.63, 3.8) is 0 Å². The summed E-state index contributed by atoms with van der Waals surface area (Å²) in [6, 6.07) is 6.64. The molecule has 3 aromatic heterocycles. The number of fused-ring (bicyclic) bond motifs is 5. The number of rotatable bonds is 8. The number of anilines is 1. The average molecular weight is 565 g/mol. The van der Waals surface area contributed by atoms with E-state index in [0.717, 1.165) is 31.4 Å². The largest absolute Gasteiger partial charge is 0.480 e. The molecule has 1 aliphatic carbocycles. The highest BCUT2D eigenvalue weighted by atomic mass is 19.1. The Bertz CT molecular complexity index is 1560. The SMILES string of the molecule is CN(C)C(=O)Cn1c(=O)ccc2ncc(F)c(CCC34CCC(NCc5ccc6c(n5)NC(=O)CO6)(CC3)CO4)c21. The number of carbonyl (C=O) groups is 2. The number of ether oxygens (including phenoxy) is 2. The zero-order valence-electron chi connectivity index (χ0n) is 23.2. The van der Waals surface area contributed by atoms with E-state index in [0.29, 0.717) is 54.2 Å². The van der Waals surface area contributed by atoms with E-state index in [1.165, 1.54) is 21.7 Å². The molecule has 0 atom stereocenters. The van der Waals surface area contributed by atoms with Gasteiger partial charge in [-0.25, -0.2) is 9.37 Å². The van der Waals surface area contributed by atoms with Crippen LogP contribution in [0.4, 0.5) is 10.2 Å². The second-order valence-corrected chi connectivity index (χ2v) is 11.5. The summed E-state index contributed by atoms with van der Waals surface area (Å²) < 4.78 is 28.4. The molecular formula is C29H33FN6O5. The fraction of sp³-hybridized carbons (Fsp3) is 0.483. The maximum absolute atomic E-state index is 15.2. The molecule has 12 heteroatoms. The molecule has 216 valence electrons. The van der Waals surface area contributed by atoms with Crippen molar-refractivity contribution in [2.45, 2.75) is 62.8 Å². The second-order valence-electron chi connectivity index (χ2n) is 11.5. The normalized spacial score (nSPS) is 23.1. The van der Waals surface area contributed by atoms with Crippen molar-refractivity contribution in [1.29, 1.82) is 0 Å². The van der Waals surface area contributed by atoms with Gasteiger partial charge >= 0.3 is 0 Å². The van der Waals surface area contributed by atoms with Crippen LogP contribution in [0.25, 0.3) is 11.0 Å². The van der Waals surface area contributed by atoms with Gasteiger partial charge in [0, 0.05) is 37.8 Å². The number of hydrogen-bond acceptors (Lipinski definition) is 8. The van der Waals surface area contributed by atoms with Gasteiger partial charge in [0.2, 0.25) is 5.91 Å². The lowest BCUT2D eigenvalue weighted by molar-refractivity contribution is -0.165. The van der Waals surface area contributed by atoms with Crippen molar-refractivity contribution in [1.82, 2.24) is 24.8 Å². The molecule has 2 N–H and O–H groups in total. The van der Waals surface area contributed by atoms with E-state index < -0.39 is 5.82 Å². The first-order valence-electron chi connectivity index (χ1n) is 13.8.